The van der Waals surface area contributed by atoms with Gasteiger partial charge < -0.3 is 14.6 Å². The highest BCUT2D eigenvalue weighted by molar-refractivity contribution is 5.87. The molecule has 0 radical (unpaired) electrons. The number of nitrogens with zero attached hydrogens (tertiary/aromatic N) is 1. The van der Waals surface area contributed by atoms with Crippen molar-refractivity contribution in [3.8, 4) is 5.75 Å². The molecule has 0 bridgehead atoms. The number of ether oxygens (including phenoxy) is 1. The number of hydrogen-bond acceptors (Lipinski definition) is 2. The normalized spacial score (nSPS) is 13.0. The van der Waals surface area contributed by atoms with Gasteiger partial charge in [-0.05, 0) is 57.0 Å². The van der Waals surface area contributed by atoms with Crippen molar-refractivity contribution in [2.24, 2.45) is 5.92 Å². The standard InChI is InChI=1S/C19H30N2O/c1-7-14(4)22-16-8-9-19-17(10-16)18(11-20-6)15(5)21(19)12-13(2)3/h8-10,13-14,20H,7,11-12H2,1-6H3/t14-/m1/s1. The fraction of sp³-hybridized carbons (Fsp3) is 0.579. The van der Waals surface area contributed by atoms with Crippen molar-refractivity contribution in [3.05, 3.63) is 29.5 Å². The summed E-state index contributed by atoms with van der Waals surface area (Å²) >= 11 is 0. The number of fused-ring (bicyclic) bond motifs is 1. The minimum atomic E-state index is 0.254. The van der Waals surface area contributed by atoms with Crippen LogP contribution in [0.4, 0.5) is 0 Å². The molecule has 1 heterocycles. The van der Waals surface area contributed by atoms with E-state index in [1.807, 2.05) is 7.05 Å². The van der Waals surface area contributed by atoms with Crippen molar-refractivity contribution < 1.29 is 4.74 Å². The highest BCUT2D eigenvalue weighted by Crippen LogP contribution is 2.30. The van der Waals surface area contributed by atoms with Gasteiger partial charge in [-0.2, -0.15) is 0 Å². The maximum atomic E-state index is 6.01. The maximum Gasteiger partial charge on any atom is 0.120 e. The van der Waals surface area contributed by atoms with Crippen LogP contribution in [-0.4, -0.2) is 17.7 Å². The predicted molar refractivity (Wildman–Crippen MR) is 94.7 cm³/mol. The van der Waals surface area contributed by atoms with Crippen LogP contribution in [0.25, 0.3) is 10.9 Å². The molecule has 2 rings (SSSR count). The summed E-state index contributed by atoms with van der Waals surface area (Å²) in [5.41, 5.74) is 4.06. The molecule has 1 N–H and O–H groups in total. The molecular weight excluding hydrogens is 272 g/mol. The first-order chi connectivity index (χ1) is 10.5. The van der Waals surface area contributed by atoms with E-state index in [4.69, 9.17) is 4.74 Å². The van der Waals surface area contributed by atoms with Gasteiger partial charge in [-0.15, -0.1) is 0 Å². The van der Waals surface area contributed by atoms with E-state index in [1.165, 1.54) is 22.2 Å². The lowest BCUT2D eigenvalue weighted by Gasteiger charge is -2.13. The molecule has 1 atom stereocenters. The molecule has 0 saturated heterocycles. The third kappa shape index (κ3) is 3.46. The third-order valence-corrected chi connectivity index (χ3v) is 4.24. The minimum absolute atomic E-state index is 0.254. The fourth-order valence-corrected chi connectivity index (χ4v) is 2.92. The van der Waals surface area contributed by atoms with Crippen molar-refractivity contribution in [3.63, 3.8) is 0 Å². The molecular formula is C19H30N2O. The Bertz CT molecular complexity index is 628. The van der Waals surface area contributed by atoms with Gasteiger partial charge in [0.1, 0.15) is 5.75 Å². The van der Waals surface area contributed by atoms with Crippen LogP contribution < -0.4 is 10.1 Å². The highest BCUT2D eigenvalue weighted by Gasteiger charge is 2.15. The first-order valence-corrected chi connectivity index (χ1v) is 8.40. The summed E-state index contributed by atoms with van der Waals surface area (Å²) < 4.78 is 8.45. The molecule has 0 spiro atoms. The summed E-state index contributed by atoms with van der Waals surface area (Å²) in [5, 5.41) is 4.61. The van der Waals surface area contributed by atoms with Gasteiger partial charge >= 0.3 is 0 Å². The molecule has 0 amide bonds. The number of rotatable bonds is 7. The monoisotopic (exact) mass is 302 g/mol. The van der Waals surface area contributed by atoms with Crippen LogP contribution in [0.5, 0.6) is 5.75 Å². The quantitative estimate of drug-likeness (QED) is 0.815. The van der Waals surface area contributed by atoms with Crippen molar-refractivity contribution in [1.29, 1.82) is 0 Å². The smallest absolute Gasteiger partial charge is 0.120 e. The number of hydrogen-bond donors (Lipinski definition) is 1. The minimum Gasteiger partial charge on any atom is -0.491 e. The van der Waals surface area contributed by atoms with Crippen LogP contribution in [0.2, 0.25) is 0 Å². The van der Waals surface area contributed by atoms with Crippen molar-refractivity contribution >= 4 is 10.9 Å². The molecule has 0 aliphatic rings. The zero-order valence-corrected chi connectivity index (χ0v) is 14.9. The Morgan fingerprint density at radius 2 is 1.95 bits per heavy atom. The van der Waals surface area contributed by atoms with Crippen LogP contribution in [0.3, 0.4) is 0 Å². The summed E-state index contributed by atoms with van der Waals surface area (Å²) in [6.45, 7) is 13.0. The average molecular weight is 302 g/mol. The van der Waals surface area contributed by atoms with Gasteiger partial charge in [0.25, 0.3) is 0 Å². The molecule has 0 unspecified atom stereocenters. The van der Waals surface area contributed by atoms with Gasteiger partial charge in [0.05, 0.1) is 6.10 Å². The molecule has 0 fully saturated rings. The van der Waals surface area contributed by atoms with Gasteiger partial charge in [-0.3, -0.25) is 0 Å². The number of aromatic nitrogens is 1. The van der Waals surface area contributed by atoms with E-state index in [-0.39, 0.29) is 6.10 Å². The van der Waals surface area contributed by atoms with E-state index < -0.39 is 0 Å². The third-order valence-electron chi connectivity index (χ3n) is 4.24. The summed E-state index contributed by atoms with van der Waals surface area (Å²) in [5.74, 6) is 1.61. The largest absolute Gasteiger partial charge is 0.491 e. The summed E-state index contributed by atoms with van der Waals surface area (Å²) in [4.78, 5) is 0. The molecule has 0 saturated carbocycles. The zero-order chi connectivity index (χ0) is 16.3. The highest BCUT2D eigenvalue weighted by atomic mass is 16.5. The fourth-order valence-electron chi connectivity index (χ4n) is 2.92. The molecule has 3 nitrogen and oxygen atoms in total. The van der Waals surface area contributed by atoms with Gasteiger partial charge in [-0.25, -0.2) is 0 Å². The van der Waals surface area contributed by atoms with Gasteiger partial charge in [0, 0.05) is 29.7 Å². The Morgan fingerprint density at radius 1 is 1.23 bits per heavy atom. The van der Waals surface area contributed by atoms with Crippen LogP contribution in [-0.2, 0) is 13.1 Å². The Morgan fingerprint density at radius 3 is 2.55 bits per heavy atom. The second-order valence-electron chi connectivity index (χ2n) is 6.61. The number of nitrogens with one attached hydrogen (secondary N) is 1. The molecule has 2 aromatic rings. The predicted octanol–water partition coefficient (Wildman–Crippen LogP) is 4.50. The second kappa shape index (κ2) is 7.19. The van der Waals surface area contributed by atoms with E-state index in [9.17, 15) is 0 Å². The average Bonchev–Trinajstić information content (AvgIpc) is 2.72. The van der Waals surface area contributed by atoms with Crippen molar-refractivity contribution in [2.75, 3.05) is 7.05 Å². The molecule has 1 aromatic carbocycles. The summed E-state index contributed by atoms with van der Waals surface area (Å²) in [6, 6.07) is 6.52. The Hall–Kier alpha value is -1.48. The first-order valence-electron chi connectivity index (χ1n) is 8.40. The van der Waals surface area contributed by atoms with Crippen LogP contribution in [0.15, 0.2) is 18.2 Å². The Balaban J connectivity index is 2.51. The Labute approximate surface area is 134 Å². The molecule has 22 heavy (non-hydrogen) atoms. The topological polar surface area (TPSA) is 26.2 Å². The van der Waals surface area contributed by atoms with Crippen molar-refractivity contribution in [2.45, 2.75) is 60.2 Å². The second-order valence-corrected chi connectivity index (χ2v) is 6.61. The lowest BCUT2D eigenvalue weighted by Crippen LogP contribution is -2.09. The van der Waals surface area contributed by atoms with Crippen molar-refractivity contribution in [1.82, 2.24) is 9.88 Å². The molecule has 1 aromatic heterocycles. The zero-order valence-electron chi connectivity index (χ0n) is 14.9. The van der Waals surface area contributed by atoms with E-state index in [2.05, 4.69) is 62.7 Å². The summed E-state index contributed by atoms with van der Waals surface area (Å²) in [7, 11) is 2.00. The number of benzene rings is 1. The van der Waals surface area contributed by atoms with Crippen LogP contribution >= 0.6 is 0 Å². The molecule has 3 heteroatoms. The lowest BCUT2D eigenvalue weighted by atomic mass is 10.1. The van der Waals surface area contributed by atoms with E-state index in [0.29, 0.717) is 5.92 Å². The van der Waals surface area contributed by atoms with E-state index in [0.717, 1.165) is 25.3 Å². The van der Waals surface area contributed by atoms with Crippen LogP contribution in [0, 0.1) is 12.8 Å². The molecule has 0 aliphatic carbocycles. The lowest BCUT2D eigenvalue weighted by molar-refractivity contribution is 0.217. The Kier molecular flexibility index (Phi) is 5.52. The van der Waals surface area contributed by atoms with Crippen LogP contribution in [0.1, 0.15) is 45.4 Å². The maximum absolute atomic E-state index is 6.01. The van der Waals surface area contributed by atoms with Gasteiger partial charge in [0.15, 0.2) is 0 Å². The molecule has 122 valence electrons. The van der Waals surface area contributed by atoms with Gasteiger partial charge in [-0.1, -0.05) is 20.8 Å². The van der Waals surface area contributed by atoms with Gasteiger partial charge in [0.2, 0.25) is 0 Å². The SMILES string of the molecule is CC[C@@H](C)Oc1ccc2c(c1)c(CNC)c(C)n2CC(C)C. The van der Waals surface area contributed by atoms with E-state index >= 15 is 0 Å². The van der Waals surface area contributed by atoms with E-state index in [1.54, 1.807) is 0 Å². The molecule has 0 aliphatic heterocycles. The summed E-state index contributed by atoms with van der Waals surface area (Å²) in [6.07, 6.45) is 1.28. The first kappa shape index (κ1) is 16.9.